The quantitative estimate of drug-likeness (QED) is 0.659. The predicted octanol–water partition coefficient (Wildman–Crippen LogP) is 2.81. The zero-order chi connectivity index (χ0) is 15.1. The minimum Gasteiger partial charge on any atom is -0.387 e. The molecule has 1 atom stereocenters. The van der Waals surface area contributed by atoms with Gasteiger partial charge in [-0.15, -0.1) is 12.4 Å². The highest BCUT2D eigenvalue weighted by atomic mass is 35.5. The molecule has 0 radical (unpaired) electrons. The largest absolute Gasteiger partial charge is 0.387 e. The lowest BCUT2D eigenvalue weighted by Gasteiger charge is -2.13. The van der Waals surface area contributed by atoms with E-state index >= 15 is 0 Å². The molecule has 0 bridgehead atoms. The van der Waals surface area contributed by atoms with Crippen LogP contribution in [-0.4, -0.2) is 30.6 Å². The monoisotopic (exact) mass is 354 g/mol. The molecule has 0 aliphatic rings. The highest BCUT2D eigenvalue weighted by molar-refractivity contribution is 6.42. The van der Waals surface area contributed by atoms with Crippen molar-refractivity contribution in [2.24, 2.45) is 5.92 Å². The number of hydrogen-bond donors (Lipinski definition) is 3. The first kappa shape index (κ1) is 20.5. The number of aliphatic hydroxyl groups excluding tert-OH is 1. The summed E-state index contributed by atoms with van der Waals surface area (Å²) in [5.41, 5.74) is 0.707. The summed E-state index contributed by atoms with van der Waals surface area (Å²) in [5.74, 6) is 0.00799. The van der Waals surface area contributed by atoms with Crippen LogP contribution in [0, 0.1) is 5.92 Å². The van der Waals surface area contributed by atoms with E-state index in [-0.39, 0.29) is 24.2 Å². The van der Waals surface area contributed by atoms with E-state index in [9.17, 15) is 9.90 Å². The van der Waals surface area contributed by atoms with Crippen molar-refractivity contribution in [1.82, 2.24) is 10.6 Å². The van der Waals surface area contributed by atoms with Crippen molar-refractivity contribution in [3.8, 4) is 0 Å². The second kappa shape index (κ2) is 10.2. The smallest absolute Gasteiger partial charge is 0.222 e. The van der Waals surface area contributed by atoms with Crippen molar-refractivity contribution in [3.63, 3.8) is 0 Å². The number of carbonyl (C=O) groups is 1. The van der Waals surface area contributed by atoms with E-state index in [4.69, 9.17) is 23.2 Å². The van der Waals surface area contributed by atoms with Crippen LogP contribution in [0.2, 0.25) is 10.0 Å². The zero-order valence-electron chi connectivity index (χ0n) is 12.0. The van der Waals surface area contributed by atoms with Crippen LogP contribution in [0.4, 0.5) is 0 Å². The maximum absolute atomic E-state index is 11.3. The van der Waals surface area contributed by atoms with Gasteiger partial charge in [-0.1, -0.05) is 43.1 Å². The van der Waals surface area contributed by atoms with E-state index in [0.717, 1.165) is 0 Å². The average molecular weight is 356 g/mol. The number of halogens is 3. The molecule has 3 N–H and O–H groups in total. The highest BCUT2D eigenvalue weighted by Crippen LogP contribution is 2.25. The molecule has 1 rings (SSSR count). The molecule has 1 unspecified atom stereocenters. The fourth-order valence-electron chi connectivity index (χ4n) is 1.55. The first-order valence-electron chi connectivity index (χ1n) is 6.53. The number of carbonyl (C=O) groups excluding carboxylic acids is 1. The highest BCUT2D eigenvalue weighted by Gasteiger charge is 2.09. The standard InChI is InChI=1S/C14H20Cl2N2O2.ClH/c1-9(2)14(20)18-6-5-17-8-13(19)10-3-4-11(15)12(16)7-10;/h3-4,7,9,13,17,19H,5-6,8H2,1-2H3,(H,18,20);1H. The molecule has 7 heteroatoms. The molecule has 0 saturated heterocycles. The molecule has 0 spiro atoms. The molecule has 0 fully saturated rings. The number of rotatable bonds is 7. The Morgan fingerprint density at radius 3 is 2.48 bits per heavy atom. The first-order chi connectivity index (χ1) is 9.41. The van der Waals surface area contributed by atoms with E-state index in [1.54, 1.807) is 18.2 Å². The van der Waals surface area contributed by atoms with Gasteiger partial charge in [0.15, 0.2) is 0 Å². The van der Waals surface area contributed by atoms with Crippen LogP contribution < -0.4 is 10.6 Å². The van der Waals surface area contributed by atoms with Crippen LogP contribution in [0.25, 0.3) is 0 Å². The number of amides is 1. The summed E-state index contributed by atoms with van der Waals surface area (Å²) in [5, 5.41) is 16.7. The Kier molecular flexibility index (Phi) is 9.99. The molecule has 21 heavy (non-hydrogen) atoms. The Morgan fingerprint density at radius 1 is 1.24 bits per heavy atom. The van der Waals surface area contributed by atoms with Gasteiger partial charge in [0.05, 0.1) is 16.1 Å². The van der Waals surface area contributed by atoms with Gasteiger partial charge in [0.2, 0.25) is 5.91 Å². The molecule has 0 aliphatic carbocycles. The predicted molar refractivity (Wildman–Crippen MR) is 89.4 cm³/mol. The van der Waals surface area contributed by atoms with Gasteiger partial charge in [0.1, 0.15) is 0 Å². The third-order valence-electron chi connectivity index (χ3n) is 2.79. The molecular weight excluding hydrogens is 335 g/mol. The summed E-state index contributed by atoms with van der Waals surface area (Å²) in [4.78, 5) is 11.3. The zero-order valence-corrected chi connectivity index (χ0v) is 14.4. The van der Waals surface area contributed by atoms with Crippen molar-refractivity contribution < 1.29 is 9.90 Å². The molecule has 1 amide bonds. The van der Waals surface area contributed by atoms with Crippen molar-refractivity contribution in [2.75, 3.05) is 19.6 Å². The van der Waals surface area contributed by atoms with Gasteiger partial charge in [-0.2, -0.15) is 0 Å². The van der Waals surface area contributed by atoms with Gasteiger partial charge in [0, 0.05) is 25.6 Å². The lowest BCUT2D eigenvalue weighted by molar-refractivity contribution is -0.123. The molecule has 4 nitrogen and oxygen atoms in total. The molecule has 0 heterocycles. The summed E-state index contributed by atoms with van der Waals surface area (Å²) in [6.07, 6.45) is -0.662. The fourth-order valence-corrected chi connectivity index (χ4v) is 1.86. The van der Waals surface area contributed by atoms with Crippen LogP contribution in [-0.2, 0) is 4.79 Å². The fraction of sp³-hybridized carbons (Fsp3) is 0.500. The molecular formula is C14H21Cl3N2O2. The Labute approximate surface area is 141 Å². The van der Waals surface area contributed by atoms with E-state index in [2.05, 4.69) is 10.6 Å². The summed E-state index contributed by atoms with van der Waals surface area (Å²) >= 11 is 11.7. The van der Waals surface area contributed by atoms with Crippen molar-refractivity contribution in [3.05, 3.63) is 33.8 Å². The molecule has 0 aliphatic heterocycles. The van der Waals surface area contributed by atoms with E-state index in [1.807, 2.05) is 13.8 Å². The molecule has 0 saturated carbocycles. The van der Waals surface area contributed by atoms with Crippen LogP contribution in [0.15, 0.2) is 18.2 Å². The summed E-state index contributed by atoms with van der Waals surface area (Å²) in [7, 11) is 0. The maximum Gasteiger partial charge on any atom is 0.222 e. The third-order valence-corrected chi connectivity index (χ3v) is 3.53. The van der Waals surface area contributed by atoms with Gasteiger partial charge in [-0.05, 0) is 17.7 Å². The average Bonchev–Trinajstić information content (AvgIpc) is 2.40. The van der Waals surface area contributed by atoms with Crippen molar-refractivity contribution in [1.29, 1.82) is 0 Å². The van der Waals surface area contributed by atoms with Crippen molar-refractivity contribution >= 4 is 41.5 Å². The number of hydrogen-bond acceptors (Lipinski definition) is 3. The van der Waals surface area contributed by atoms with E-state index in [0.29, 0.717) is 35.2 Å². The lowest BCUT2D eigenvalue weighted by atomic mass is 10.1. The van der Waals surface area contributed by atoms with Crippen LogP contribution in [0.5, 0.6) is 0 Å². The Morgan fingerprint density at radius 2 is 1.90 bits per heavy atom. The van der Waals surface area contributed by atoms with Crippen LogP contribution >= 0.6 is 35.6 Å². The number of aliphatic hydroxyl groups is 1. The van der Waals surface area contributed by atoms with Gasteiger partial charge < -0.3 is 15.7 Å². The SMILES string of the molecule is CC(C)C(=O)NCCNCC(O)c1ccc(Cl)c(Cl)c1.Cl. The Balaban J connectivity index is 0.00000400. The van der Waals surface area contributed by atoms with Gasteiger partial charge in [-0.3, -0.25) is 4.79 Å². The number of nitrogens with one attached hydrogen (secondary N) is 2. The van der Waals surface area contributed by atoms with Gasteiger partial charge in [0.25, 0.3) is 0 Å². The third kappa shape index (κ3) is 7.34. The van der Waals surface area contributed by atoms with Gasteiger partial charge >= 0.3 is 0 Å². The second-order valence-corrected chi connectivity index (χ2v) is 5.65. The maximum atomic E-state index is 11.3. The topological polar surface area (TPSA) is 61.4 Å². The summed E-state index contributed by atoms with van der Waals surface area (Å²) < 4.78 is 0. The number of benzene rings is 1. The summed E-state index contributed by atoms with van der Waals surface area (Å²) in [6, 6.07) is 5.04. The normalized spacial score (nSPS) is 11.9. The van der Waals surface area contributed by atoms with Crippen LogP contribution in [0.3, 0.4) is 0 Å². The van der Waals surface area contributed by atoms with Crippen molar-refractivity contribution in [2.45, 2.75) is 20.0 Å². The Bertz CT molecular complexity index is 456. The van der Waals surface area contributed by atoms with Crippen LogP contribution in [0.1, 0.15) is 25.5 Å². The lowest BCUT2D eigenvalue weighted by Crippen LogP contribution is -2.35. The van der Waals surface area contributed by atoms with E-state index in [1.165, 1.54) is 0 Å². The molecule has 0 aromatic heterocycles. The molecule has 1 aromatic carbocycles. The second-order valence-electron chi connectivity index (χ2n) is 4.84. The first-order valence-corrected chi connectivity index (χ1v) is 7.29. The molecule has 120 valence electrons. The summed E-state index contributed by atoms with van der Waals surface area (Å²) in [6.45, 7) is 5.20. The Hall–Kier alpha value is -0.520. The van der Waals surface area contributed by atoms with E-state index < -0.39 is 6.10 Å². The minimum absolute atomic E-state index is 0. The minimum atomic E-state index is -0.662. The van der Waals surface area contributed by atoms with Gasteiger partial charge in [-0.25, -0.2) is 0 Å². The molecule has 1 aromatic rings.